The Bertz CT molecular complexity index is 231. The first-order valence-corrected chi connectivity index (χ1v) is 4.44. The quantitative estimate of drug-likeness (QED) is 0.377. The molecule has 0 aromatic carbocycles. The maximum absolute atomic E-state index is 10.5. The molecule has 0 radical (unpaired) electrons. The van der Waals surface area contributed by atoms with Gasteiger partial charge >= 0.3 is 5.97 Å². The fraction of sp³-hybridized carbons (Fsp3) is 0.875. The third kappa shape index (κ3) is 2.86. The molecule has 0 aromatic rings. The predicted molar refractivity (Wildman–Crippen MR) is 45.5 cm³/mol. The summed E-state index contributed by atoms with van der Waals surface area (Å²) < 4.78 is 9.31. The lowest BCUT2D eigenvalue weighted by molar-refractivity contribution is -0.287. The number of carbonyl (C=O) groups excluding carboxylic acids is 1. The molecule has 4 N–H and O–H groups in total. The molecule has 1 rings (SSSR count). The van der Waals surface area contributed by atoms with Gasteiger partial charge in [0.05, 0.1) is 0 Å². The van der Waals surface area contributed by atoms with E-state index < -0.39 is 36.7 Å². The third-order valence-electron chi connectivity index (χ3n) is 2.14. The van der Waals surface area contributed by atoms with Gasteiger partial charge in [-0.2, -0.15) is 0 Å². The van der Waals surface area contributed by atoms with Gasteiger partial charge in [-0.15, -0.1) is 0 Å². The molecule has 0 amide bonds. The van der Waals surface area contributed by atoms with Crippen LogP contribution < -0.4 is 0 Å². The minimum Gasteiger partial charge on any atom is -0.463 e. The number of aliphatic hydroxyl groups excluding tert-OH is 4. The molecule has 88 valence electrons. The van der Waals surface area contributed by atoms with Crippen molar-refractivity contribution < 1.29 is 34.7 Å². The van der Waals surface area contributed by atoms with Crippen molar-refractivity contribution in [3.63, 3.8) is 0 Å². The maximum atomic E-state index is 10.5. The van der Waals surface area contributed by atoms with E-state index in [1.807, 2.05) is 0 Å². The monoisotopic (exact) mass is 222 g/mol. The molecule has 5 atom stereocenters. The molecule has 0 unspecified atom stereocenters. The lowest BCUT2D eigenvalue weighted by atomic mass is 9.99. The maximum Gasteiger partial charge on any atom is 0.302 e. The van der Waals surface area contributed by atoms with Crippen molar-refractivity contribution >= 4 is 5.97 Å². The van der Waals surface area contributed by atoms with Gasteiger partial charge in [-0.05, 0) is 0 Å². The van der Waals surface area contributed by atoms with Crippen molar-refractivity contribution in [3.8, 4) is 0 Å². The number of carbonyl (C=O) groups is 1. The van der Waals surface area contributed by atoms with E-state index in [1.54, 1.807) is 0 Å². The van der Waals surface area contributed by atoms with E-state index in [-0.39, 0.29) is 6.61 Å². The number of rotatable bonds is 2. The summed E-state index contributed by atoms with van der Waals surface area (Å²) in [7, 11) is 0. The Balaban J connectivity index is 2.54. The van der Waals surface area contributed by atoms with Crippen molar-refractivity contribution in [2.75, 3.05) is 6.61 Å². The number of aliphatic hydroxyl groups is 4. The molecule has 1 saturated heterocycles. The Morgan fingerprint density at radius 3 is 2.33 bits per heavy atom. The van der Waals surface area contributed by atoms with Gasteiger partial charge in [-0.1, -0.05) is 0 Å². The van der Waals surface area contributed by atoms with Crippen molar-refractivity contribution in [1.82, 2.24) is 0 Å². The number of hydrogen-bond donors (Lipinski definition) is 4. The molecule has 0 aromatic heterocycles. The zero-order valence-electron chi connectivity index (χ0n) is 8.11. The second kappa shape index (κ2) is 4.86. The van der Waals surface area contributed by atoms with Crippen LogP contribution in [0.1, 0.15) is 6.92 Å². The second-order valence-electron chi connectivity index (χ2n) is 3.34. The van der Waals surface area contributed by atoms with Crippen LogP contribution in [0.3, 0.4) is 0 Å². The summed E-state index contributed by atoms with van der Waals surface area (Å²) in [4.78, 5) is 10.5. The zero-order chi connectivity index (χ0) is 11.6. The Morgan fingerprint density at radius 2 is 1.80 bits per heavy atom. The molecule has 7 nitrogen and oxygen atoms in total. The molecule has 1 heterocycles. The standard InChI is InChI=1S/C8H14O7/c1-3(9)14-2-4-5(10)6(11)7(12)8(13)15-4/h4-8,10-13H,2H2,1H3/t4-,5-,6+,7-,8-/m0/s1. The van der Waals surface area contributed by atoms with Crippen LogP contribution in [-0.4, -0.2) is 63.7 Å². The van der Waals surface area contributed by atoms with Crippen LogP contribution in [0.4, 0.5) is 0 Å². The van der Waals surface area contributed by atoms with Crippen LogP contribution in [0.5, 0.6) is 0 Å². The normalized spacial score (nSPS) is 41.3. The second-order valence-corrected chi connectivity index (χ2v) is 3.34. The third-order valence-corrected chi connectivity index (χ3v) is 2.14. The number of hydrogen-bond acceptors (Lipinski definition) is 7. The summed E-state index contributed by atoms with van der Waals surface area (Å²) in [6, 6.07) is 0. The van der Waals surface area contributed by atoms with Crippen molar-refractivity contribution in [2.24, 2.45) is 0 Å². The predicted octanol–water partition coefficient (Wildman–Crippen LogP) is -2.65. The van der Waals surface area contributed by atoms with E-state index in [0.717, 1.165) is 0 Å². The van der Waals surface area contributed by atoms with E-state index in [0.29, 0.717) is 0 Å². The highest BCUT2D eigenvalue weighted by molar-refractivity contribution is 5.65. The van der Waals surface area contributed by atoms with Crippen LogP contribution in [0.2, 0.25) is 0 Å². The Hall–Kier alpha value is -0.730. The molecular formula is C8H14O7. The molecule has 15 heavy (non-hydrogen) atoms. The molecule has 7 heteroatoms. The molecule has 0 saturated carbocycles. The van der Waals surface area contributed by atoms with Crippen LogP contribution in [0.25, 0.3) is 0 Å². The van der Waals surface area contributed by atoms with E-state index >= 15 is 0 Å². The fourth-order valence-electron chi connectivity index (χ4n) is 1.27. The van der Waals surface area contributed by atoms with E-state index in [2.05, 4.69) is 4.74 Å². The van der Waals surface area contributed by atoms with Gasteiger partial charge in [0, 0.05) is 6.92 Å². The summed E-state index contributed by atoms with van der Waals surface area (Å²) in [6.45, 7) is 0.883. The molecule has 1 aliphatic heterocycles. The first-order chi connectivity index (χ1) is 6.93. The van der Waals surface area contributed by atoms with Crippen LogP contribution in [-0.2, 0) is 14.3 Å². The van der Waals surface area contributed by atoms with Gasteiger partial charge in [-0.3, -0.25) is 4.79 Å². The van der Waals surface area contributed by atoms with Gasteiger partial charge in [0.2, 0.25) is 0 Å². The van der Waals surface area contributed by atoms with Gasteiger partial charge in [0.25, 0.3) is 0 Å². The molecule has 0 bridgehead atoms. The number of ether oxygens (including phenoxy) is 2. The highest BCUT2D eigenvalue weighted by Gasteiger charge is 2.43. The average molecular weight is 222 g/mol. The Kier molecular flexibility index (Phi) is 4.00. The highest BCUT2D eigenvalue weighted by Crippen LogP contribution is 2.19. The first-order valence-electron chi connectivity index (χ1n) is 4.44. The molecule has 1 aliphatic rings. The minimum atomic E-state index is -1.61. The SMILES string of the molecule is CC(=O)OC[C@@H]1O[C@H](O)[C@@H](O)[C@H](O)[C@H]1O. The zero-order valence-corrected chi connectivity index (χ0v) is 8.11. The number of esters is 1. The lowest BCUT2D eigenvalue weighted by Gasteiger charge is -2.37. The summed E-state index contributed by atoms with van der Waals surface area (Å²) in [5.41, 5.74) is 0. The minimum absolute atomic E-state index is 0.294. The van der Waals surface area contributed by atoms with E-state index in [9.17, 15) is 15.0 Å². The van der Waals surface area contributed by atoms with Crippen LogP contribution in [0.15, 0.2) is 0 Å². The van der Waals surface area contributed by atoms with Crippen LogP contribution >= 0.6 is 0 Å². The molecule has 1 fully saturated rings. The van der Waals surface area contributed by atoms with Gasteiger partial charge in [0.1, 0.15) is 31.0 Å². The first kappa shape index (κ1) is 12.3. The van der Waals surface area contributed by atoms with Gasteiger partial charge in [0.15, 0.2) is 6.29 Å². The largest absolute Gasteiger partial charge is 0.463 e. The van der Waals surface area contributed by atoms with Crippen molar-refractivity contribution in [2.45, 2.75) is 37.6 Å². The lowest BCUT2D eigenvalue weighted by Crippen LogP contribution is -2.58. The topological polar surface area (TPSA) is 116 Å². The molecule has 0 aliphatic carbocycles. The van der Waals surface area contributed by atoms with Crippen LogP contribution in [0, 0.1) is 0 Å². The summed E-state index contributed by atoms with van der Waals surface area (Å²) in [6.07, 6.45) is -7.18. The smallest absolute Gasteiger partial charge is 0.302 e. The Morgan fingerprint density at radius 1 is 1.20 bits per heavy atom. The van der Waals surface area contributed by atoms with Crippen molar-refractivity contribution in [1.29, 1.82) is 0 Å². The van der Waals surface area contributed by atoms with Crippen molar-refractivity contribution in [3.05, 3.63) is 0 Å². The van der Waals surface area contributed by atoms with E-state index in [4.69, 9.17) is 14.9 Å². The summed E-state index contributed by atoms with van der Waals surface area (Å²) in [5.74, 6) is -0.569. The summed E-state index contributed by atoms with van der Waals surface area (Å²) >= 11 is 0. The molecular weight excluding hydrogens is 208 g/mol. The Labute approximate surface area is 85.9 Å². The van der Waals surface area contributed by atoms with Gasteiger partial charge < -0.3 is 29.9 Å². The van der Waals surface area contributed by atoms with E-state index in [1.165, 1.54) is 6.92 Å². The molecule has 0 spiro atoms. The fourth-order valence-corrected chi connectivity index (χ4v) is 1.27. The average Bonchev–Trinajstić information content (AvgIpc) is 2.18. The highest BCUT2D eigenvalue weighted by atomic mass is 16.6. The van der Waals surface area contributed by atoms with Gasteiger partial charge in [-0.25, -0.2) is 0 Å². The summed E-state index contributed by atoms with van der Waals surface area (Å²) in [5, 5.41) is 36.9.